The molecule has 68 valence electrons. The summed E-state index contributed by atoms with van der Waals surface area (Å²) in [6.07, 6.45) is 5.23. The molecule has 1 aromatic rings. The third kappa shape index (κ3) is 2.05. The van der Waals surface area contributed by atoms with Crippen molar-refractivity contribution in [2.24, 2.45) is 0 Å². The summed E-state index contributed by atoms with van der Waals surface area (Å²) in [6.45, 7) is 0.898. The molecule has 4 heteroatoms. The number of aromatic nitrogens is 2. The van der Waals surface area contributed by atoms with Gasteiger partial charge in [-0.3, -0.25) is 0 Å². The molecule has 2 rings (SSSR count). The molecular weight excluding hydrogens is 186 g/mol. The average Bonchev–Trinajstić information content (AvgIpc) is 2.20. The molecule has 0 fully saturated rings. The van der Waals surface area contributed by atoms with E-state index in [1.165, 1.54) is 0 Å². The molecule has 0 aliphatic carbocycles. The first-order valence-electron chi connectivity index (χ1n) is 4.24. The SMILES string of the molecule is Clc1ccc(C2CC=CCN2)nn1. The lowest BCUT2D eigenvalue weighted by Crippen LogP contribution is -2.24. The van der Waals surface area contributed by atoms with Crippen LogP contribution in [0.5, 0.6) is 0 Å². The number of hydrogen-bond donors (Lipinski definition) is 1. The van der Waals surface area contributed by atoms with E-state index in [4.69, 9.17) is 11.6 Å². The second-order valence-electron chi connectivity index (χ2n) is 2.95. The van der Waals surface area contributed by atoms with Crippen LogP contribution in [0.4, 0.5) is 0 Å². The highest BCUT2D eigenvalue weighted by molar-refractivity contribution is 6.29. The number of nitrogens with zero attached hydrogens (tertiary/aromatic N) is 2. The molecule has 0 spiro atoms. The van der Waals surface area contributed by atoms with E-state index >= 15 is 0 Å². The Balaban J connectivity index is 2.15. The Morgan fingerprint density at radius 1 is 1.31 bits per heavy atom. The Labute approximate surface area is 81.8 Å². The monoisotopic (exact) mass is 195 g/mol. The van der Waals surface area contributed by atoms with Crippen molar-refractivity contribution in [2.75, 3.05) is 6.54 Å². The topological polar surface area (TPSA) is 37.8 Å². The number of rotatable bonds is 1. The minimum absolute atomic E-state index is 0.287. The summed E-state index contributed by atoms with van der Waals surface area (Å²) >= 11 is 5.64. The fraction of sp³-hybridized carbons (Fsp3) is 0.333. The molecule has 1 N–H and O–H groups in total. The molecule has 1 atom stereocenters. The number of nitrogens with one attached hydrogen (secondary N) is 1. The molecule has 0 saturated carbocycles. The predicted octanol–water partition coefficient (Wildman–Crippen LogP) is 1.72. The zero-order valence-corrected chi connectivity index (χ0v) is 7.83. The summed E-state index contributed by atoms with van der Waals surface area (Å²) in [5.41, 5.74) is 0.953. The predicted molar refractivity (Wildman–Crippen MR) is 51.5 cm³/mol. The van der Waals surface area contributed by atoms with Gasteiger partial charge < -0.3 is 5.32 Å². The van der Waals surface area contributed by atoms with E-state index in [-0.39, 0.29) is 6.04 Å². The quantitative estimate of drug-likeness (QED) is 0.694. The molecule has 2 heterocycles. The van der Waals surface area contributed by atoms with Gasteiger partial charge in [-0.2, -0.15) is 5.10 Å². The lowest BCUT2D eigenvalue weighted by atomic mass is 10.1. The highest BCUT2D eigenvalue weighted by atomic mass is 35.5. The van der Waals surface area contributed by atoms with Gasteiger partial charge in [-0.15, -0.1) is 5.10 Å². The largest absolute Gasteiger partial charge is 0.305 e. The van der Waals surface area contributed by atoms with Crippen molar-refractivity contribution in [3.8, 4) is 0 Å². The molecule has 1 aromatic heterocycles. The summed E-state index contributed by atoms with van der Waals surface area (Å²) in [6, 6.07) is 3.96. The Morgan fingerprint density at radius 2 is 2.23 bits per heavy atom. The average molecular weight is 196 g/mol. The van der Waals surface area contributed by atoms with Crippen LogP contribution >= 0.6 is 11.6 Å². The summed E-state index contributed by atoms with van der Waals surface area (Å²) < 4.78 is 0. The Kier molecular flexibility index (Phi) is 2.57. The fourth-order valence-corrected chi connectivity index (χ4v) is 1.45. The smallest absolute Gasteiger partial charge is 0.151 e. The zero-order valence-electron chi connectivity index (χ0n) is 7.07. The van der Waals surface area contributed by atoms with Crippen molar-refractivity contribution in [2.45, 2.75) is 12.5 Å². The van der Waals surface area contributed by atoms with Crippen LogP contribution in [-0.2, 0) is 0 Å². The first-order valence-corrected chi connectivity index (χ1v) is 4.61. The summed E-state index contributed by atoms with van der Waals surface area (Å²) in [4.78, 5) is 0. The van der Waals surface area contributed by atoms with Crippen molar-refractivity contribution >= 4 is 11.6 Å². The van der Waals surface area contributed by atoms with Gasteiger partial charge in [0.1, 0.15) is 0 Å². The van der Waals surface area contributed by atoms with E-state index in [9.17, 15) is 0 Å². The second-order valence-corrected chi connectivity index (χ2v) is 3.34. The van der Waals surface area contributed by atoms with Gasteiger partial charge in [0, 0.05) is 6.54 Å². The van der Waals surface area contributed by atoms with Gasteiger partial charge in [0.05, 0.1) is 11.7 Å². The van der Waals surface area contributed by atoms with E-state index in [1.54, 1.807) is 6.07 Å². The highest BCUT2D eigenvalue weighted by Gasteiger charge is 2.12. The van der Waals surface area contributed by atoms with Crippen molar-refractivity contribution in [1.29, 1.82) is 0 Å². The molecule has 3 nitrogen and oxygen atoms in total. The van der Waals surface area contributed by atoms with Crippen LogP contribution in [0.3, 0.4) is 0 Å². The molecule has 0 saturated heterocycles. The lowest BCUT2D eigenvalue weighted by molar-refractivity contribution is 0.535. The number of halogens is 1. The second kappa shape index (κ2) is 3.85. The van der Waals surface area contributed by atoms with Crippen LogP contribution in [-0.4, -0.2) is 16.7 Å². The molecule has 13 heavy (non-hydrogen) atoms. The lowest BCUT2D eigenvalue weighted by Gasteiger charge is -2.18. The fourth-order valence-electron chi connectivity index (χ4n) is 1.35. The first-order chi connectivity index (χ1) is 6.36. The minimum Gasteiger partial charge on any atom is -0.305 e. The van der Waals surface area contributed by atoms with E-state index in [0.29, 0.717) is 5.15 Å². The first kappa shape index (κ1) is 8.66. The van der Waals surface area contributed by atoms with Gasteiger partial charge in [-0.25, -0.2) is 0 Å². The van der Waals surface area contributed by atoms with E-state index in [1.807, 2.05) is 6.07 Å². The summed E-state index contributed by atoms with van der Waals surface area (Å²) in [7, 11) is 0. The summed E-state index contributed by atoms with van der Waals surface area (Å²) in [5, 5.41) is 11.6. The number of hydrogen-bond acceptors (Lipinski definition) is 3. The molecular formula is C9H10ClN3. The Hall–Kier alpha value is -0.930. The van der Waals surface area contributed by atoms with Crippen LogP contribution < -0.4 is 5.32 Å². The van der Waals surface area contributed by atoms with Gasteiger partial charge in [0.15, 0.2) is 5.15 Å². The summed E-state index contributed by atoms with van der Waals surface area (Å²) in [5.74, 6) is 0. The normalized spacial score (nSPS) is 21.8. The molecule has 0 radical (unpaired) electrons. The minimum atomic E-state index is 0.287. The van der Waals surface area contributed by atoms with Gasteiger partial charge in [-0.05, 0) is 18.6 Å². The third-order valence-electron chi connectivity index (χ3n) is 2.03. The van der Waals surface area contributed by atoms with Crippen LogP contribution in [0.1, 0.15) is 18.2 Å². The Morgan fingerprint density at radius 3 is 2.85 bits per heavy atom. The highest BCUT2D eigenvalue weighted by Crippen LogP contribution is 2.17. The molecule has 0 amide bonds. The molecule has 0 bridgehead atoms. The molecule has 0 aromatic carbocycles. The van der Waals surface area contributed by atoms with Gasteiger partial charge in [0.25, 0.3) is 0 Å². The van der Waals surface area contributed by atoms with Crippen LogP contribution in [0, 0.1) is 0 Å². The van der Waals surface area contributed by atoms with E-state index < -0.39 is 0 Å². The maximum Gasteiger partial charge on any atom is 0.151 e. The van der Waals surface area contributed by atoms with E-state index in [0.717, 1.165) is 18.7 Å². The molecule has 1 aliphatic rings. The maximum absolute atomic E-state index is 5.64. The molecule has 1 unspecified atom stereocenters. The van der Waals surface area contributed by atoms with Crippen molar-refractivity contribution < 1.29 is 0 Å². The van der Waals surface area contributed by atoms with Crippen LogP contribution in [0.2, 0.25) is 5.15 Å². The van der Waals surface area contributed by atoms with Crippen molar-refractivity contribution in [3.63, 3.8) is 0 Å². The standard InChI is InChI=1S/C9H10ClN3/c10-9-5-4-8(12-13-9)7-3-1-2-6-11-7/h1-2,4-5,7,11H,3,6H2. The van der Waals surface area contributed by atoms with Crippen LogP contribution in [0.15, 0.2) is 24.3 Å². The van der Waals surface area contributed by atoms with E-state index in [2.05, 4.69) is 27.7 Å². The van der Waals surface area contributed by atoms with Crippen molar-refractivity contribution in [1.82, 2.24) is 15.5 Å². The maximum atomic E-state index is 5.64. The molecule has 1 aliphatic heterocycles. The van der Waals surface area contributed by atoms with Gasteiger partial charge >= 0.3 is 0 Å². The van der Waals surface area contributed by atoms with Crippen molar-refractivity contribution in [3.05, 3.63) is 35.1 Å². The van der Waals surface area contributed by atoms with Gasteiger partial charge in [0.2, 0.25) is 0 Å². The Bertz CT molecular complexity index is 307. The van der Waals surface area contributed by atoms with Gasteiger partial charge in [-0.1, -0.05) is 23.8 Å². The zero-order chi connectivity index (χ0) is 9.10. The third-order valence-corrected chi connectivity index (χ3v) is 2.23. The van der Waals surface area contributed by atoms with Crippen LogP contribution in [0.25, 0.3) is 0 Å².